The zero-order chi connectivity index (χ0) is 14.8. The largest absolute Gasteiger partial charge is 0.328 e. The zero-order valence-electron chi connectivity index (χ0n) is 12.8. The van der Waals surface area contributed by atoms with Crippen molar-refractivity contribution in [2.45, 2.75) is 45.7 Å². The lowest BCUT2D eigenvalue weighted by atomic mass is 10.1. The molecule has 0 saturated heterocycles. The van der Waals surface area contributed by atoms with Gasteiger partial charge < -0.3 is 4.52 Å². The van der Waals surface area contributed by atoms with Crippen LogP contribution in [0.3, 0.4) is 0 Å². The number of aryl methyl sites for hydroxylation is 1. The molecule has 1 rings (SSSR count). The summed E-state index contributed by atoms with van der Waals surface area (Å²) in [7, 11) is -2.58. The molecule has 0 saturated carbocycles. The molecule has 1 unspecified atom stereocenters. The van der Waals surface area contributed by atoms with Crippen molar-refractivity contribution < 1.29 is 9.09 Å². The molecule has 20 heavy (non-hydrogen) atoms. The van der Waals surface area contributed by atoms with Crippen molar-refractivity contribution in [1.29, 1.82) is 0 Å². The minimum absolute atomic E-state index is 0.513. The lowest BCUT2D eigenvalue weighted by molar-refractivity contribution is 0.318. The standard InChI is InChI=1S/C17H27O2P/c1-4-6-10-14-20(18,19-13-7-5-2)15-17-12-9-8-11-16(17)3/h5,8-9,11-12H,2,4,6-7,10,13-15H2,1,3H3. The number of unbranched alkanes of at least 4 members (excludes halogenated alkanes) is 2. The summed E-state index contributed by atoms with van der Waals surface area (Å²) in [6.07, 6.45) is 7.04. The predicted octanol–water partition coefficient (Wildman–Crippen LogP) is 5.56. The fourth-order valence-corrected chi connectivity index (χ4v) is 4.54. The fraction of sp³-hybridized carbons (Fsp3) is 0.529. The topological polar surface area (TPSA) is 26.3 Å². The Hall–Kier alpha value is -0.850. The first-order valence-corrected chi connectivity index (χ1v) is 9.49. The second-order valence-electron chi connectivity index (χ2n) is 5.24. The van der Waals surface area contributed by atoms with Gasteiger partial charge in [0, 0.05) is 6.16 Å². The smallest absolute Gasteiger partial charge is 0.207 e. The number of hydrogen-bond donors (Lipinski definition) is 0. The Morgan fingerprint density at radius 2 is 2.05 bits per heavy atom. The van der Waals surface area contributed by atoms with Gasteiger partial charge in [-0.05, 0) is 30.9 Å². The summed E-state index contributed by atoms with van der Waals surface area (Å²) in [6, 6.07) is 8.13. The van der Waals surface area contributed by atoms with Gasteiger partial charge >= 0.3 is 0 Å². The highest BCUT2D eigenvalue weighted by atomic mass is 31.2. The van der Waals surface area contributed by atoms with E-state index in [0.29, 0.717) is 18.9 Å². The molecule has 112 valence electrons. The second kappa shape index (κ2) is 9.15. The van der Waals surface area contributed by atoms with Crippen molar-refractivity contribution in [3.05, 3.63) is 48.0 Å². The Kier molecular flexibility index (Phi) is 7.87. The van der Waals surface area contributed by atoms with Crippen LogP contribution in [0.5, 0.6) is 0 Å². The third-order valence-electron chi connectivity index (χ3n) is 3.42. The molecule has 0 amide bonds. The van der Waals surface area contributed by atoms with Crippen molar-refractivity contribution in [3.63, 3.8) is 0 Å². The van der Waals surface area contributed by atoms with Gasteiger partial charge in [-0.25, -0.2) is 0 Å². The summed E-state index contributed by atoms with van der Waals surface area (Å²) >= 11 is 0. The van der Waals surface area contributed by atoms with E-state index < -0.39 is 7.37 Å². The van der Waals surface area contributed by atoms with Crippen LogP contribution in [0.1, 0.15) is 43.7 Å². The van der Waals surface area contributed by atoms with E-state index in [1.807, 2.05) is 18.2 Å². The van der Waals surface area contributed by atoms with E-state index >= 15 is 0 Å². The number of benzene rings is 1. The molecule has 1 aromatic carbocycles. The van der Waals surface area contributed by atoms with Crippen molar-refractivity contribution >= 4 is 7.37 Å². The first-order valence-electron chi connectivity index (χ1n) is 7.49. The molecule has 0 bridgehead atoms. The lowest BCUT2D eigenvalue weighted by Crippen LogP contribution is -2.02. The summed E-state index contributed by atoms with van der Waals surface area (Å²) in [5.41, 5.74) is 2.33. The molecule has 2 nitrogen and oxygen atoms in total. The van der Waals surface area contributed by atoms with Crippen LogP contribution in [0, 0.1) is 6.92 Å². The summed E-state index contributed by atoms with van der Waals surface area (Å²) in [6.45, 7) is 8.42. The Bertz CT molecular complexity index is 454. The van der Waals surface area contributed by atoms with Gasteiger partial charge in [-0.3, -0.25) is 4.57 Å². The SMILES string of the molecule is C=CCCOP(=O)(CCCCC)Cc1ccccc1C. The highest BCUT2D eigenvalue weighted by Crippen LogP contribution is 2.51. The first-order chi connectivity index (χ1) is 9.61. The minimum atomic E-state index is -2.58. The predicted molar refractivity (Wildman–Crippen MR) is 87.6 cm³/mol. The van der Waals surface area contributed by atoms with E-state index in [1.54, 1.807) is 0 Å². The van der Waals surface area contributed by atoms with Crippen molar-refractivity contribution in [1.82, 2.24) is 0 Å². The van der Waals surface area contributed by atoms with Gasteiger partial charge in [0.1, 0.15) is 0 Å². The molecule has 0 fully saturated rings. The molecule has 3 heteroatoms. The van der Waals surface area contributed by atoms with Gasteiger partial charge in [-0.1, -0.05) is 50.1 Å². The highest BCUT2D eigenvalue weighted by molar-refractivity contribution is 7.58. The summed E-state index contributed by atoms with van der Waals surface area (Å²) < 4.78 is 18.8. The van der Waals surface area contributed by atoms with Gasteiger partial charge in [0.2, 0.25) is 7.37 Å². The maximum Gasteiger partial charge on any atom is 0.207 e. The van der Waals surface area contributed by atoms with Gasteiger partial charge in [0.05, 0.1) is 12.8 Å². The van der Waals surface area contributed by atoms with Crippen molar-refractivity contribution in [3.8, 4) is 0 Å². The van der Waals surface area contributed by atoms with Crippen LogP contribution in [-0.2, 0) is 15.3 Å². The van der Waals surface area contributed by atoms with Crippen LogP contribution in [0.15, 0.2) is 36.9 Å². The van der Waals surface area contributed by atoms with Gasteiger partial charge in [-0.2, -0.15) is 0 Å². The average Bonchev–Trinajstić information content (AvgIpc) is 2.42. The Morgan fingerprint density at radius 3 is 2.70 bits per heavy atom. The molecular formula is C17H27O2P. The van der Waals surface area contributed by atoms with Crippen LogP contribution in [0.4, 0.5) is 0 Å². The Morgan fingerprint density at radius 1 is 1.30 bits per heavy atom. The van der Waals surface area contributed by atoms with Crippen molar-refractivity contribution in [2.75, 3.05) is 12.8 Å². The molecule has 0 aromatic heterocycles. The summed E-state index contributed by atoms with van der Waals surface area (Å²) in [5.74, 6) is 0. The quantitative estimate of drug-likeness (QED) is 0.321. The highest BCUT2D eigenvalue weighted by Gasteiger charge is 2.23. The monoisotopic (exact) mass is 294 g/mol. The van der Waals surface area contributed by atoms with Crippen LogP contribution in [0.25, 0.3) is 0 Å². The maximum atomic E-state index is 13.0. The van der Waals surface area contributed by atoms with Gasteiger partial charge in [-0.15, -0.1) is 6.58 Å². The number of rotatable bonds is 10. The molecule has 1 aromatic rings. The van der Waals surface area contributed by atoms with Gasteiger partial charge in [0.15, 0.2) is 0 Å². The molecule has 1 atom stereocenters. The van der Waals surface area contributed by atoms with Crippen LogP contribution >= 0.6 is 7.37 Å². The Balaban J connectivity index is 2.72. The molecule has 0 aliphatic rings. The molecule has 0 heterocycles. The van der Waals surface area contributed by atoms with E-state index in [4.69, 9.17) is 4.52 Å². The fourth-order valence-electron chi connectivity index (χ4n) is 2.14. The van der Waals surface area contributed by atoms with E-state index in [-0.39, 0.29) is 0 Å². The van der Waals surface area contributed by atoms with E-state index in [2.05, 4.69) is 32.6 Å². The molecule has 0 spiro atoms. The lowest BCUT2D eigenvalue weighted by Gasteiger charge is -2.19. The van der Waals surface area contributed by atoms with Gasteiger partial charge in [0.25, 0.3) is 0 Å². The third-order valence-corrected chi connectivity index (χ3v) is 5.90. The average molecular weight is 294 g/mol. The molecular weight excluding hydrogens is 267 g/mol. The van der Waals surface area contributed by atoms with Crippen LogP contribution in [0.2, 0.25) is 0 Å². The molecule has 0 N–H and O–H groups in total. The molecule has 0 aliphatic heterocycles. The summed E-state index contributed by atoms with van der Waals surface area (Å²) in [4.78, 5) is 0. The number of hydrogen-bond acceptors (Lipinski definition) is 2. The van der Waals surface area contributed by atoms with E-state index in [1.165, 1.54) is 5.56 Å². The van der Waals surface area contributed by atoms with Crippen LogP contribution < -0.4 is 0 Å². The van der Waals surface area contributed by atoms with Crippen LogP contribution in [-0.4, -0.2) is 12.8 Å². The normalized spacial score (nSPS) is 13.9. The first kappa shape index (κ1) is 17.2. The van der Waals surface area contributed by atoms with E-state index in [9.17, 15) is 4.57 Å². The zero-order valence-corrected chi connectivity index (χ0v) is 13.7. The van der Waals surface area contributed by atoms with Crippen molar-refractivity contribution in [2.24, 2.45) is 0 Å². The van der Waals surface area contributed by atoms with E-state index in [0.717, 1.165) is 31.2 Å². The Labute approximate surface area is 123 Å². The molecule has 0 aliphatic carbocycles. The second-order valence-corrected chi connectivity index (χ2v) is 7.89. The molecule has 0 radical (unpaired) electrons. The minimum Gasteiger partial charge on any atom is -0.328 e. The third kappa shape index (κ3) is 6.07. The summed E-state index contributed by atoms with van der Waals surface area (Å²) in [5, 5.41) is 0. The maximum absolute atomic E-state index is 13.0.